The molecule has 4 N–H and O–H groups in total. The molecule has 0 aromatic heterocycles. The van der Waals surface area contributed by atoms with Crippen molar-refractivity contribution in [1.29, 1.82) is 0 Å². The molecule has 0 aliphatic heterocycles. The number of hydrogen-bond donors (Lipinski definition) is 2. The number of anilines is 1. The minimum atomic E-state index is 0.820. The molecule has 18 heavy (non-hydrogen) atoms. The van der Waals surface area contributed by atoms with Gasteiger partial charge in [0.25, 0.3) is 0 Å². The van der Waals surface area contributed by atoms with E-state index in [4.69, 9.17) is 11.5 Å². The van der Waals surface area contributed by atoms with Crippen molar-refractivity contribution in [3.8, 4) is 0 Å². The van der Waals surface area contributed by atoms with E-state index >= 15 is 0 Å². The first-order valence-corrected chi connectivity index (χ1v) is 6.09. The van der Waals surface area contributed by atoms with Crippen molar-refractivity contribution in [3.63, 3.8) is 0 Å². The van der Waals surface area contributed by atoms with Crippen LogP contribution in [-0.4, -0.2) is 0 Å². The lowest BCUT2D eigenvalue weighted by atomic mass is 9.99. The third kappa shape index (κ3) is 3.52. The van der Waals surface area contributed by atoms with Gasteiger partial charge in [-0.2, -0.15) is 0 Å². The maximum atomic E-state index is 5.85. The van der Waals surface area contributed by atoms with Crippen molar-refractivity contribution in [3.05, 3.63) is 58.8 Å². The Bertz CT molecular complexity index is 516. The Morgan fingerprint density at radius 3 is 2.39 bits per heavy atom. The highest BCUT2D eigenvalue weighted by atomic mass is 14.6. The molecule has 0 amide bonds. The van der Waals surface area contributed by atoms with E-state index in [1.165, 1.54) is 0 Å². The SMILES string of the molecule is C\C=C/C(=C\C(C)=C(/C)N)c1ccc(N)c(C)c1. The number of aryl methyl sites for hydroxylation is 1. The van der Waals surface area contributed by atoms with Gasteiger partial charge in [0.2, 0.25) is 0 Å². The second-order valence-corrected chi connectivity index (χ2v) is 4.54. The fourth-order valence-electron chi connectivity index (χ4n) is 1.61. The second-order valence-electron chi connectivity index (χ2n) is 4.54. The van der Waals surface area contributed by atoms with Crippen molar-refractivity contribution in [2.75, 3.05) is 5.73 Å². The van der Waals surface area contributed by atoms with Gasteiger partial charge in [0.15, 0.2) is 0 Å². The number of nitrogen functional groups attached to an aromatic ring is 1. The maximum absolute atomic E-state index is 5.85. The number of hydrogen-bond acceptors (Lipinski definition) is 2. The molecule has 96 valence electrons. The van der Waals surface area contributed by atoms with Crippen LogP contribution in [0.1, 0.15) is 31.9 Å². The summed E-state index contributed by atoms with van der Waals surface area (Å²) < 4.78 is 0. The van der Waals surface area contributed by atoms with Gasteiger partial charge in [-0.3, -0.25) is 0 Å². The molecular formula is C16H22N2. The normalized spacial score (nSPS) is 13.9. The fourth-order valence-corrected chi connectivity index (χ4v) is 1.61. The molecule has 0 bridgehead atoms. The highest BCUT2D eigenvalue weighted by Crippen LogP contribution is 2.22. The van der Waals surface area contributed by atoms with E-state index in [0.717, 1.165) is 33.7 Å². The molecule has 2 nitrogen and oxygen atoms in total. The average molecular weight is 242 g/mol. The molecule has 0 radical (unpaired) electrons. The molecule has 0 heterocycles. The van der Waals surface area contributed by atoms with Gasteiger partial charge in [-0.1, -0.05) is 18.2 Å². The van der Waals surface area contributed by atoms with Crippen LogP contribution in [-0.2, 0) is 0 Å². The van der Waals surface area contributed by atoms with Crippen LogP contribution in [0.15, 0.2) is 47.7 Å². The summed E-state index contributed by atoms with van der Waals surface area (Å²) >= 11 is 0. The van der Waals surface area contributed by atoms with Gasteiger partial charge < -0.3 is 11.5 Å². The van der Waals surface area contributed by atoms with E-state index in [9.17, 15) is 0 Å². The Morgan fingerprint density at radius 2 is 1.89 bits per heavy atom. The number of nitrogens with two attached hydrogens (primary N) is 2. The molecule has 2 heteroatoms. The van der Waals surface area contributed by atoms with E-state index in [0.29, 0.717) is 0 Å². The van der Waals surface area contributed by atoms with Crippen LogP contribution in [0.5, 0.6) is 0 Å². The summed E-state index contributed by atoms with van der Waals surface area (Å²) in [5.41, 5.74) is 17.8. The van der Waals surface area contributed by atoms with E-state index in [2.05, 4.69) is 18.2 Å². The van der Waals surface area contributed by atoms with Gasteiger partial charge in [-0.15, -0.1) is 0 Å². The molecule has 0 aliphatic rings. The van der Waals surface area contributed by atoms with Crippen molar-refractivity contribution in [2.45, 2.75) is 27.7 Å². The summed E-state index contributed by atoms with van der Waals surface area (Å²) in [5, 5.41) is 0. The Kier molecular flexibility index (Phi) is 4.78. The van der Waals surface area contributed by atoms with Gasteiger partial charge in [0.1, 0.15) is 0 Å². The fraction of sp³-hybridized carbons (Fsp3) is 0.250. The molecule has 0 saturated carbocycles. The van der Waals surface area contributed by atoms with Crippen LogP contribution in [0.4, 0.5) is 5.69 Å². The van der Waals surface area contributed by atoms with Crippen LogP contribution >= 0.6 is 0 Å². The van der Waals surface area contributed by atoms with E-state index in [1.54, 1.807) is 0 Å². The lowest BCUT2D eigenvalue weighted by Gasteiger charge is -2.07. The van der Waals surface area contributed by atoms with Crippen molar-refractivity contribution in [2.24, 2.45) is 5.73 Å². The minimum absolute atomic E-state index is 0.820. The lowest BCUT2D eigenvalue weighted by Crippen LogP contribution is -1.95. The third-order valence-corrected chi connectivity index (χ3v) is 2.94. The van der Waals surface area contributed by atoms with E-state index in [1.807, 2.05) is 45.9 Å². The molecule has 1 aromatic rings. The smallest absolute Gasteiger partial charge is 0.0344 e. The Hall–Kier alpha value is -1.96. The second kappa shape index (κ2) is 6.10. The minimum Gasteiger partial charge on any atom is -0.402 e. The van der Waals surface area contributed by atoms with Crippen LogP contribution in [0.3, 0.4) is 0 Å². The largest absolute Gasteiger partial charge is 0.402 e. The maximum Gasteiger partial charge on any atom is 0.0344 e. The number of benzene rings is 1. The monoisotopic (exact) mass is 242 g/mol. The Balaban J connectivity index is 3.29. The summed E-state index contributed by atoms with van der Waals surface area (Å²) in [6.45, 7) is 7.95. The standard InChI is InChI=1S/C16H22N2/c1-5-6-14(9-11(2)13(4)17)15-7-8-16(18)12(3)10-15/h5-10H,17-18H2,1-4H3/b6-5-,13-11+,14-9+. The predicted molar refractivity (Wildman–Crippen MR) is 80.9 cm³/mol. The highest BCUT2D eigenvalue weighted by molar-refractivity contribution is 5.77. The molecule has 0 saturated heterocycles. The molecule has 0 spiro atoms. The van der Waals surface area contributed by atoms with E-state index in [-0.39, 0.29) is 0 Å². The van der Waals surface area contributed by atoms with E-state index < -0.39 is 0 Å². The van der Waals surface area contributed by atoms with Crippen LogP contribution in [0.2, 0.25) is 0 Å². The first-order chi connectivity index (χ1) is 8.45. The summed E-state index contributed by atoms with van der Waals surface area (Å²) in [4.78, 5) is 0. The third-order valence-electron chi connectivity index (χ3n) is 2.94. The number of allylic oxidation sites excluding steroid dienone is 6. The molecule has 0 atom stereocenters. The lowest BCUT2D eigenvalue weighted by molar-refractivity contribution is 1.24. The Labute approximate surface area is 110 Å². The van der Waals surface area contributed by atoms with Crippen molar-refractivity contribution < 1.29 is 0 Å². The highest BCUT2D eigenvalue weighted by Gasteiger charge is 2.01. The van der Waals surface area contributed by atoms with Gasteiger partial charge in [-0.25, -0.2) is 0 Å². The van der Waals surface area contributed by atoms with Gasteiger partial charge in [0.05, 0.1) is 0 Å². The van der Waals surface area contributed by atoms with Crippen LogP contribution < -0.4 is 11.5 Å². The molecule has 0 fully saturated rings. The summed E-state index contributed by atoms with van der Waals surface area (Å²) in [7, 11) is 0. The zero-order valence-electron chi connectivity index (χ0n) is 11.6. The summed E-state index contributed by atoms with van der Waals surface area (Å²) in [5.74, 6) is 0. The summed E-state index contributed by atoms with van der Waals surface area (Å²) in [6, 6.07) is 6.07. The number of rotatable bonds is 3. The molecular weight excluding hydrogens is 220 g/mol. The molecule has 1 rings (SSSR count). The molecule has 1 aromatic carbocycles. The molecule has 0 aliphatic carbocycles. The van der Waals surface area contributed by atoms with Crippen molar-refractivity contribution in [1.82, 2.24) is 0 Å². The van der Waals surface area contributed by atoms with Crippen LogP contribution in [0.25, 0.3) is 5.57 Å². The quantitative estimate of drug-likeness (QED) is 0.626. The topological polar surface area (TPSA) is 52.0 Å². The van der Waals surface area contributed by atoms with Gasteiger partial charge in [0, 0.05) is 11.4 Å². The Morgan fingerprint density at radius 1 is 1.22 bits per heavy atom. The predicted octanol–water partition coefficient (Wildman–Crippen LogP) is 3.79. The zero-order chi connectivity index (χ0) is 13.7. The van der Waals surface area contributed by atoms with Crippen molar-refractivity contribution >= 4 is 11.3 Å². The van der Waals surface area contributed by atoms with Gasteiger partial charge >= 0.3 is 0 Å². The average Bonchev–Trinajstić information content (AvgIpc) is 2.32. The van der Waals surface area contributed by atoms with Gasteiger partial charge in [-0.05, 0) is 68.2 Å². The molecule has 0 unspecified atom stereocenters. The van der Waals surface area contributed by atoms with Crippen LogP contribution in [0, 0.1) is 6.92 Å². The zero-order valence-corrected chi connectivity index (χ0v) is 11.6. The first kappa shape index (κ1) is 14.1. The summed E-state index contributed by atoms with van der Waals surface area (Å²) in [6.07, 6.45) is 6.20. The first-order valence-electron chi connectivity index (χ1n) is 6.09.